The van der Waals surface area contributed by atoms with Crippen molar-refractivity contribution in [3.63, 3.8) is 0 Å². The van der Waals surface area contributed by atoms with E-state index in [1.54, 1.807) is 13.8 Å². The zero-order valence-corrected chi connectivity index (χ0v) is 76.2. The summed E-state index contributed by atoms with van der Waals surface area (Å²) in [6.07, 6.45) is -23.8. The molecule has 14 atom stereocenters. The number of carboxylic acids is 5. The number of Topliss-reactive ketones (excluding diaryl/α,β-unsaturated/α-hetero) is 7. The number of carboxylic acid groups (broad SMARTS) is 5. The Balaban J connectivity index is 0.00000142. The van der Waals surface area contributed by atoms with Crippen LogP contribution in [0.2, 0.25) is 0 Å². The third-order valence-corrected chi connectivity index (χ3v) is 20.3. The van der Waals surface area contributed by atoms with Crippen molar-refractivity contribution in [2.24, 2.45) is 0 Å². The van der Waals surface area contributed by atoms with Crippen LogP contribution in [0.5, 0.6) is 0 Å². The summed E-state index contributed by atoms with van der Waals surface area (Å²) in [4.78, 5) is 293. The van der Waals surface area contributed by atoms with Crippen LogP contribution in [0.1, 0.15) is 164 Å². The maximum Gasteiger partial charge on any atom is 0.323 e. The zero-order chi connectivity index (χ0) is 103. The number of unbranched alkanes of at least 4 members (excludes halogenated alkanes) is 2. The molecule has 3 rings (SSSR count). The predicted octanol–water partition coefficient (Wildman–Crippen LogP) is -10.0. The minimum absolute atomic E-state index is 0. The summed E-state index contributed by atoms with van der Waals surface area (Å²) >= 11 is 0. The Morgan fingerprint density at radius 1 is 0.326 bits per heavy atom. The van der Waals surface area contributed by atoms with Crippen LogP contribution in [0.15, 0.2) is 0 Å². The lowest BCUT2D eigenvalue weighted by Crippen LogP contribution is -2.66. The molecule has 55 heteroatoms. The number of nitrogens with one attached hydrogen (secondary N) is 7. The number of carbonyl (C=O) groups excluding carboxylic acids is 19. The van der Waals surface area contributed by atoms with Gasteiger partial charge in [-0.1, -0.05) is 7.43 Å². The molecule has 0 aromatic carbocycles. The summed E-state index contributed by atoms with van der Waals surface area (Å²) in [5.74, 6) is -21.0. The van der Waals surface area contributed by atoms with Crippen molar-refractivity contribution < 1.29 is 210 Å². The van der Waals surface area contributed by atoms with E-state index in [9.17, 15) is 171 Å². The van der Waals surface area contributed by atoms with Gasteiger partial charge in [0.1, 0.15) is 120 Å². The van der Waals surface area contributed by atoms with Crippen molar-refractivity contribution in [1.82, 2.24) is 61.7 Å². The molecular weight excluding hydrogens is 1850 g/mol. The van der Waals surface area contributed by atoms with Crippen molar-refractivity contribution in [2.45, 2.75) is 250 Å². The van der Waals surface area contributed by atoms with Crippen LogP contribution >= 0.6 is 0 Å². The highest BCUT2D eigenvalue weighted by Gasteiger charge is 2.53. The van der Waals surface area contributed by atoms with Crippen molar-refractivity contribution in [3.8, 4) is 0 Å². The lowest BCUT2D eigenvalue weighted by atomic mass is 9.96. The van der Waals surface area contributed by atoms with E-state index < -0.39 is 353 Å². The molecule has 3 aliphatic rings. The van der Waals surface area contributed by atoms with E-state index in [0.717, 1.165) is 11.8 Å². The summed E-state index contributed by atoms with van der Waals surface area (Å²) in [5, 5.41) is 144. The van der Waals surface area contributed by atoms with Crippen LogP contribution in [-0.2, 0) is 143 Å². The van der Waals surface area contributed by atoms with Crippen LogP contribution < -0.4 is 37.2 Å². The number of hydrogen-bond acceptors (Lipinski definition) is 38. The number of nitrogens with zero attached hydrogens (tertiary/aromatic N) is 5. The first kappa shape index (κ1) is 124. The number of aliphatic hydroxyl groups is 8. The SMILES string of the molecule is C.CCN(CC(=O)O)C(=O)CCC(=O)CNC(=O)CCCCC(=O)CCCCO[C@@H]1OC(CO)[C@H](O)C(O[C@H]2OC(CO)[C@H](O)C(O)[C@@H]2O)[C@@H]1O[C@H]1C[C@@H](O)[C@H](O)C(C)O1.CCNC(=O)CCC(=O)CNC(=O)CN(CC(=O)O)C(=O)CCC(=O)CNC(=O)CN(CC(=O)O)C(=O)CCC(=O)CNC(=O)CN(CC(=O)O)C(=O)CCC(=O)CNC(=O)CN(CC(=O)O)C(=O)CCC(=O)CNC(C)=O. The van der Waals surface area contributed by atoms with Crippen LogP contribution in [0.4, 0.5) is 0 Å². The minimum Gasteiger partial charge on any atom is -0.480 e. The maximum absolute atomic E-state index is 12.9. The van der Waals surface area contributed by atoms with E-state index in [1.165, 1.54) is 6.92 Å². The van der Waals surface area contributed by atoms with Gasteiger partial charge in [-0.15, -0.1) is 0 Å². The number of aliphatic carboxylic acids is 5. The third-order valence-electron chi connectivity index (χ3n) is 20.3. The molecule has 0 aliphatic carbocycles. The molecule has 0 bridgehead atoms. The molecule has 0 aromatic heterocycles. The molecule has 20 N–H and O–H groups in total. The van der Waals surface area contributed by atoms with Gasteiger partial charge >= 0.3 is 29.8 Å². The van der Waals surface area contributed by atoms with Gasteiger partial charge in [-0.25, -0.2) is 0 Å². The van der Waals surface area contributed by atoms with E-state index in [2.05, 4.69) is 37.2 Å². The Morgan fingerprint density at radius 2 is 0.652 bits per heavy atom. The zero-order valence-electron chi connectivity index (χ0n) is 76.2. The van der Waals surface area contributed by atoms with Gasteiger partial charge in [0.15, 0.2) is 53.6 Å². The number of aliphatic hydroxyl groups excluding tert-OH is 8. The van der Waals surface area contributed by atoms with Crippen molar-refractivity contribution >= 4 is 141 Å². The van der Waals surface area contributed by atoms with E-state index in [0.29, 0.717) is 51.8 Å². The second-order valence-corrected chi connectivity index (χ2v) is 31.6. The highest BCUT2D eigenvalue weighted by molar-refractivity contribution is 5.98. The average Bonchev–Trinajstić information content (AvgIpc) is 0.774. The lowest BCUT2D eigenvalue weighted by Gasteiger charge is -2.48. The van der Waals surface area contributed by atoms with Gasteiger partial charge in [0.2, 0.25) is 70.9 Å². The molecule has 3 heterocycles. The van der Waals surface area contributed by atoms with E-state index in [4.69, 9.17) is 38.6 Å². The highest BCUT2D eigenvalue weighted by atomic mass is 16.8. The predicted molar refractivity (Wildman–Crippen MR) is 461 cm³/mol. The highest BCUT2D eigenvalue weighted by Crippen LogP contribution is 2.34. The molecule has 3 fully saturated rings. The largest absolute Gasteiger partial charge is 0.480 e. The van der Waals surface area contributed by atoms with Gasteiger partial charge in [0, 0.05) is 129 Å². The summed E-state index contributed by atoms with van der Waals surface area (Å²) in [6, 6.07) is 0. The standard InChI is InChI=1S/C45H64N10O23.C37H62N2O20.CH4/c1-3-46-33(62)9-4-28(57)15-48-34(63)19-53(24-43(73)74)39(68)11-6-30(59)17-50-36(65)21-55(26-45(77)78)41(70)13-8-32(61)18-51-37(66)22-54(25-44(75)76)40(69)12-7-31(60)16-49-35(64)20-52(23-42(71)72)38(67)10-5-29(58)14-47-27(2)56;1-3-39(16-27(47)48)26(46)12-11-21(43)15-38-25(45)10-5-4-8-20(42)9-6-7-13-54-37-35(58-28-14-22(44)29(49)19(2)55-28)34(31(51)24(18-41)57-37)59-36-33(53)32(52)30(50)23(17-40)56-36;/h3-26H2,1-2H3,(H,46,62)(H,47,56)(H,48,63)(H,49,64)(H,50,65)(H,51,66)(H,71,72)(H,73,74)(H,75,76)(H,77,78);19,22-24,28-37,40-41,44,49-53H,3-18H2,1-2H3,(H,38,45)(H,47,48);1H4/t;19?,22-,23?,24?,28+,29-,30+,31+,32?,33+,34?,35+,36-,37-;/m.1./s1. The van der Waals surface area contributed by atoms with Gasteiger partial charge in [0.25, 0.3) is 0 Å². The summed E-state index contributed by atoms with van der Waals surface area (Å²) in [5.41, 5.74) is 0. The average molecular weight is 1980 g/mol. The number of amides is 12. The Bertz CT molecular complexity index is 4120. The van der Waals surface area contributed by atoms with Crippen LogP contribution in [0.25, 0.3) is 0 Å². The van der Waals surface area contributed by atoms with Crippen molar-refractivity contribution in [1.29, 1.82) is 0 Å². The van der Waals surface area contributed by atoms with Crippen molar-refractivity contribution in [3.05, 3.63) is 0 Å². The van der Waals surface area contributed by atoms with Gasteiger partial charge < -0.3 is 157 Å². The quantitative estimate of drug-likeness (QED) is 0.0251. The molecule has 780 valence electrons. The number of ketones is 7. The number of hydrogen-bond donors (Lipinski definition) is 20. The van der Waals surface area contributed by atoms with Crippen LogP contribution in [-0.4, -0.2) is 449 Å². The summed E-state index contributed by atoms with van der Waals surface area (Å²) in [7, 11) is 0. The fourth-order valence-electron chi connectivity index (χ4n) is 12.9. The number of carbonyl (C=O) groups is 24. The van der Waals surface area contributed by atoms with Gasteiger partial charge in [0.05, 0.1) is 64.7 Å². The number of ether oxygens (including phenoxy) is 6. The molecular formula is C83H130N12O43. The maximum atomic E-state index is 12.9. The van der Waals surface area contributed by atoms with Crippen molar-refractivity contribution in [2.75, 3.05) is 131 Å². The molecule has 0 aromatic rings. The van der Waals surface area contributed by atoms with E-state index >= 15 is 0 Å². The van der Waals surface area contributed by atoms with Gasteiger partial charge in [-0.2, -0.15) is 0 Å². The van der Waals surface area contributed by atoms with Crippen LogP contribution in [0, 0.1) is 0 Å². The minimum atomic E-state index is -1.86. The Kier molecular flexibility index (Phi) is 59.9. The number of likely N-dealkylation sites (N-methyl/N-ethyl adjacent to an activating group) is 1. The fraction of sp³-hybridized carbons (Fsp3) is 0.711. The topological polar surface area (TPSA) is 828 Å². The molecule has 3 saturated heterocycles. The van der Waals surface area contributed by atoms with Gasteiger partial charge in [-0.05, 0) is 46.5 Å². The third kappa shape index (κ3) is 51.0. The smallest absolute Gasteiger partial charge is 0.323 e. The fourth-order valence-corrected chi connectivity index (χ4v) is 12.9. The lowest BCUT2D eigenvalue weighted by molar-refractivity contribution is -0.382. The molecule has 0 saturated carbocycles. The second-order valence-electron chi connectivity index (χ2n) is 31.6. The summed E-state index contributed by atoms with van der Waals surface area (Å²) < 4.78 is 34.9. The monoisotopic (exact) mass is 1980 g/mol. The first-order valence-electron chi connectivity index (χ1n) is 43.6. The van der Waals surface area contributed by atoms with E-state index in [1.807, 2.05) is 0 Å². The van der Waals surface area contributed by atoms with Crippen LogP contribution in [0.3, 0.4) is 0 Å². The first-order chi connectivity index (χ1) is 64.5. The molecule has 0 spiro atoms. The molecule has 12 amide bonds. The molecule has 0 radical (unpaired) electrons. The molecule has 55 nitrogen and oxygen atoms in total. The first-order valence-corrected chi connectivity index (χ1v) is 43.6. The Hall–Kier alpha value is -11.9. The Labute approximate surface area is 790 Å². The molecule has 3 aliphatic heterocycles. The molecule has 138 heavy (non-hydrogen) atoms. The number of rotatable bonds is 67. The molecule has 5 unspecified atom stereocenters. The van der Waals surface area contributed by atoms with E-state index in [-0.39, 0.29) is 109 Å². The normalized spacial score (nSPS) is 20.2. The summed E-state index contributed by atoms with van der Waals surface area (Å²) in [6.45, 7) is -6.37. The van der Waals surface area contributed by atoms with Gasteiger partial charge in [-0.3, -0.25) is 115 Å². The second kappa shape index (κ2) is 66.6. The Morgan fingerprint density at radius 3 is 1.01 bits per heavy atom.